The molecule has 0 bridgehead atoms. The number of rotatable bonds is 0. The Morgan fingerprint density at radius 1 is 1.17 bits per heavy atom. The van der Waals surface area contributed by atoms with Gasteiger partial charge >= 0.3 is 0 Å². The predicted octanol–water partition coefficient (Wildman–Crippen LogP) is 2.92. The van der Waals surface area contributed by atoms with Crippen LogP contribution in [0.2, 0.25) is 0 Å². The Balaban J connectivity index is 2.02. The first-order valence-electron chi connectivity index (χ1n) is 4.94. The molecular weight excluding hydrogens is 216 g/mol. The molecule has 0 amide bonds. The van der Waals surface area contributed by atoms with Crippen molar-refractivity contribution in [2.75, 3.05) is 0 Å². The maximum Gasteiger partial charge on any atom is 0.146 e. The average molecular weight is 231 g/mol. The lowest BCUT2D eigenvalue weighted by atomic mass is 9.70. The van der Waals surface area contributed by atoms with Crippen molar-refractivity contribution in [2.45, 2.75) is 43.4 Å². The number of hydrogen-bond acceptors (Lipinski definition) is 1. The van der Waals surface area contributed by atoms with Crippen LogP contribution in [-0.2, 0) is 4.79 Å². The molecular formula is C10H15BrO. The summed E-state index contributed by atoms with van der Waals surface area (Å²) in [5, 5.41) is 0. The fourth-order valence-electron chi connectivity index (χ4n) is 2.65. The van der Waals surface area contributed by atoms with Gasteiger partial charge in [0.2, 0.25) is 0 Å². The molecule has 0 spiro atoms. The van der Waals surface area contributed by atoms with Gasteiger partial charge in [0, 0.05) is 6.42 Å². The van der Waals surface area contributed by atoms with Crippen LogP contribution < -0.4 is 0 Å². The fourth-order valence-corrected chi connectivity index (χ4v) is 3.31. The Bertz CT molecular complexity index is 190. The average Bonchev–Trinajstić information content (AvgIpc) is 2.07. The van der Waals surface area contributed by atoms with Gasteiger partial charge in [0.1, 0.15) is 5.78 Å². The summed E-state index contributed by atoms with van der Waals surface area (Å²) >= 11 is 3.47. The van der Waals surface area contributed by atoms with E-state index in [4.69, 9.17) is 0 Å². The molecule has 2 heteroatoms. The van der Waals surface area contributed by atoms with Crippen LogP contribution in [0.15, 0.2) is 0 Å². The molecule has 1 nitrogen and oxygen atoms in total. The van der Waals surface area contributed by atoms with E-state index in [1.54, 1.807) is 0 Å². The van der Waals surface area contributed by atoms with Gasteiger partial charge in [0.15, 0.2) is 0 Å². The summed E-state index contributed by atoms with van der Waals surface area (Å²) in [5.74, 6) is 2.03. The highest BCUT2D eigenvalue weighted by atomic mass is 79.9. The Hall–Kier alpha value is 0.150. The zero-order valence-corrected chi connectivity index (χ0v) is 8.85. The molecule has 3 atom stereocenters. The molecule has 0 heterocycles. The molecule has 12 heavy (non-hydrogen) atoms. The van der Waals surface area contributed by atoms with Crippen molar-refractivity contribution in [1.29, 1.82) is 0 Å². The summed E-state index contributed by atoms with van der Waals surface area (Å²) in [6.45, 7) is 0. The first-order valence-corrected chi connectivity index (χ1v) is 5.85. The van der Waals surface area contributed by atoms with E-state index in [0.29, 0.717) is 5.78 Å². The number of carbonyl (C=O) groups excluding carboxylic acids is 1. The second-order valence-corrected chi connectivity index (χ2v) is 5.28. The van der Waals surface area contributed by atoms with Crippen molar-refractivity contribution in [2.24, 2.45) is 11.8 Å². The maximum atomic E-state index is 11.4. The van der Waals surface area contributed by atoms with E-state index in [9.17, 15) is 4.79 Å². The van der Waals surface area contributed by atoms with E-state index in [0.717, 1.165) is 24.7 Å². The second kappa shape index (κ2) is 3.49. The van der Waals surface area contributed by atoms with Gasteiger partial charge < -0.3 is 0 Å². The number of carbonyl (C=O) groups is 1. The molecule has 2 fully saturated rings. The van der Waals surface area contributed by atoms with E-state index in [1.165, 1.54) is 25.7 Å². The topological polar surface area (TPSA) is 17.1 Å². The maximum absolute atomic E-state index is 11.4. The van der Waals surface area contributed by atoms with Crippen LogP contribution >= 0.6 is 15.9 Å². The van der Waals surface area contributed by atoms with E-state index in [1.807, 2.05) is 0 Å². The third kappa shape index (κ3) is 1.59. The Labute approximate surface area is 82.0 Å². The molecule has 0 unspecified atom stereocenters. The minimum atomic E-state index is 0.178. The van der Waals surface area contributed by atoms with Gasteiger partial charge in [0.25, 0.3) is 0 Å². The van der Waals surface area contributed by atoms with Crippen molar-refractivity contribution in [3.05, 3.63) is 0 Å². The van der Waals surface area contributed by atoms with Crippen LogP contribution in [-0.4, -0.2) is 10.6 Å². The van der Waals surface area contributed by atoms with Gasteiger partial charge in [-0.25, -0.2) is 0 Å². The number of alkyl halides is 1. The molecule has 0 saturated heterocycles. The molecule has 2 aliphatic carbocycles. The van der Waals surface area contributed by atoms with E-state index in [2.05, 4.69) is 15.9 Å². The summed E-state index contributed by atoms with van der Waals surface area (Å²) in [7, 11) is 0. The van der Waals surface area contributed by atoms with Gasteiger partial charge in [-0.3, -0.25) is 4.79 Å². The Morgan fingerprint density at radius 3 is 2.58 bits per heavy atom. The molecule has 2 aliphatic rings. The largest absolute Gasteiger partial charge is 0.298 e. The van der Waals surface area contributed by atoms with Gasteiger partial charge in [-0.15, -0.1) is 0 Å². The van der Waals surface area contributed by atoms with Gasteiger partial charge in [-0.05, 0) is 24.7 Å². The van der Waals surface area contributed by atoms with Crippen molar-refractivity contribution in [3.8, 4) is 0 Å². The number of ketones is 1. The van der Waals surface area contributed by atoms with Gasteiger partial charge in [-0.2, -0.15) is 0 Å². The van der Waals surface area contributed by atoms with E-state index >= 15 is 0 Å². The van der Waals surface area contributed by atoms with Crippen molar-refractivity contribution >= 4 is 21.7 Å². The summed E-state index contributed by atoms with van der Waals surface area (Å²) in [6.07, 6.45) is 7.34. The van der Waals surface area contributed by atoms with Crippen LogP contribution in [0.5, 0.6) is 0 Å². The number of halogens is 1. The molecule has 2 saturated carbocycles. The molecule has 0 aliphatic heterocycles. The smallest absolute Gasteiger partial charge is 0.146 e. The number of Topliss-reactive ketones (excluding diaryl/α,β-unsaturated/α-hetero) is 1. The predicted molar refractivity (Wildman–Crippen MR) is 52.4 cm³/mol. The first-order chi connectivity index (χ1) is 5.77. The van der Waals surface area contributed by atoms with Crippen LogP contribution in [0.3, 0.4) is 0 Å². The lowest BCUT2D eigenvalue weighted by Gasteiger charge is -2.36. The third-order valence-corrected chi connectivity index (χ3v) is 4.27. The standard InChI is InChI=1S/C10H15BrO/c11-9-5-7-3-1-2-4-8(7)6-10(9)12/h7-9H,1-6H2/t7-,8-,9-/m0/s1. The minimum absolute atomic E-state index is 0.178. The van der Waals surface area contributed by atoms with E-state index < -0.39 is 0 Å². The summed E-state index contributed by atoms with van der Waals surface area (Å²) in [4.78, 5) is 11.6. The SMILES string of the molecule is O=C1C[C@@H]2CCCC[C@H]2C[C@@H]1Br. The number of hydrogen-bond donors (Lipinski definition) is 0. The van der Waals surface area contributed by atoms with Crippen molar-refractivity contribution in [1.82, 2.24) is 0 Å². The molecule has 0 radical (unpaired) electrons. The van der Waals surface area contributed by atoms with Crippen LogP contribution in [0.25, 0.3) is 0 Å². The highest BCUT2D eigenvalue weighted by Crippen LogP contribution is 2.40. The zero-order valence-electron chi connectivity index (χ0n) is 7.26. The van der Waals surface area contributed by atoms with Crippen molar-refractivity contribution in [3.63, 3.8) is 0 Å². The molecule has 0 N–H and O–H groups in total. The molecule has 0 aromatic heterocycles. The van der Waals surface area contributed by atoms with Crippen LogP contribution in [0.1, 0.15) is 38.5 Å². The van der Waals surface area contributed by atoms with Crippen LogP contribution in [0, 0.1) is 11.8 Å². The molecule has 0 aromatic carbocycles. The fraction of sp³-hybridized carbons (Fsp3) is 0.900. The van der Waals surface area contributed by atoms with Gasteiger partial charge in [0.05, 0.1) is 4.83 Å². The Kier molecular flexibility index (Phi) is 2.54. The highest BCUT2D eigenvalue weighted by molar-refractivity contribution is 9.10. The first kappa shape index (κ1) is 8.74. The van der Waals surface area contributed by atoms with Crippen LogP contribution in [0.4, 0.5) is 0 Å². The minimum Gasteiger partial charge on any atom is -0.298 e. The van der Waals surface area contributed by atoms with Gasteiger partial charge in [-0.1, -0.05) is 35.2 Å². The highest BCUT2D eigenvalue weighted by Gasteiger charge is 2.35. The van der Waals surface area contributed by atoms with E-state index in [-0.39, 0.29) is 4.83 Å². The lowest BCUT2D eigenvalue weighted by Crippen LogP contribution is -2.34. The third-order valence-electron chi connectivity index (χ3n) is 3.39. The summed E-state index contributed by atoms with van der Waals surface area (Å²) in [6, 6.07) is 0. The molecule has 0 aromatic rings. The zero-order chi connectivity index (χ0) is 8.55. The quantitative estimate of drug-likeness (QED) is 0.586. The normalized spacial score (nSPS) is 42.4. The summed E-state index contributed by atoms with van der Waals surface area (Å²) < 4.78 is 0. The van der Waals surface area contributed by atoms with Crippen molar-refractivity contribution < 1.29 is 4.79 Å². The summed E-state index contributed by atoms with van der Waals surface area (Å²) in [5.41, 5.74) is 0. The monoisotopic (exact) mass is 230 g/mol. The lowest BCUT2D eigenvalue weighted by molar-refractivity contribution is -0.122. The Morgan fingerprint density at radius 2 is 1.83 bits per heavy atom. The second-order valence-electron chi connectivity index (χ2n) is 4.18. The molecule has 68 valence electrons. The molecule has 2 rings (SSSR count). The number of fused-ring (bicyclic) bond motifs is 1.